The molecular formula is C9H10N2O5. The summed E-state index contributed by atoms with van der Waals surface area (Å²) in [6, 6.07) is 1.96. The molecule has 1 aromatic heterocycles. The zero-order valence-corrected chi connectivity index (χ0v) is 8.20. The van der Waals surface area contributed by atoms with Crippen molar-refractivity contribution >= 4 is 17.9 Å². The third-order valence-electron chi connectivity index (χ3n) is 1.71. The van der Waals surface area contributed by atoms with Gasteiger partial charge in [-0.05, 0) is 12.1 Å². The number of furan rings is 1. The minimum atomic E-state index is -1.01. The monoisotopic (exact) mass is 226 g/mol. The molecule has 0 aliphatic rings. The molecule has 0 aliphatic heterocycles. The van der Waals surface area contributed by atoms with E-state index in [4.69, 9.17) is 15.3 Å². The molecule has 1 unspecified atom stereocenters. The summed E-state index contributed by atoms with van der Waals surface area (Å²) in [5, 5.41) is 18.7. The molecule has 0 radical (unpaired) electrons. The fourth-order valence-corrected chi connectivity index (χ4v) is 1.02. The van der Waals surface area contributed by atoms with Crippen LogP contribution in [0.25, 0.3) is 6.08 Å². The molecule has 0 aromatic carbocycles. The molecule has 0 fully saturated rings. The fourth-order valence-electron chi connectivity index (χ4n) is 1.02. The van der Waals surface area contributed by atoms with Gasteiger partial charge in [-0.2, -0.15) is 0 Å². The summed E-state index contributed by atoms with van der Waals surface area (Å²) < 4.78 is 4.81. The van der Waals surface area contributed by atoms with Crippen molar-refractivity contribution < 1.29 is 19.2 Å². The summed E-state index contributed by atoms with van der Waals surface area (Å²) in [7, 11) is 0. The highest BCUT2D eigenvalue weighted by Crippen LogP contribution is 2.16. The Labute approximate surface area is 90.3 Å². The summed E-state index contributed by atoms with van der Waals surface area (Å²) in [5.74, 6) is -1.12. The van der Waals surface area contributed by atoms with E-state index in [1.165, 1.54) is 24.3 Å². The van der Waals surface area contributed by atoms with E-state index < -0.39 is 16.9 Å². The molecule has 0 amide bonds. The van der Waals surface area contributed by atoms with Gasteiger partial charge < -0.3 is 15.3 Å². The molecule has 3 N–H and O–H groups in total. The smallest absolute Gasteiger partial charge is 0.433 e. The third kappa shape index (κ3) is 3.54. The summed E-state index contributed by atoms with van der Waals surface area (Å²) in [4.78, 5) is 19.9. The molecule has 7 heteroatoms. The fraction of sp³-hybridized carbons (Fsp3) is 0.222. The predicted molar refractivity (Wildman–Crippen MR) is 54.6 cm³/mol. The molecule has 0 saturated heterocycles. The number of hydrogen-bond acceptors (Lipinski definition) is 5. The zero-order chi connectivity index (χ0) is 12.1. The Morgan fingerprint density at radius 1 is 1.69 bits per heavy atom. The van der Waals surface area contributed by atoms with Crippen LogP contribution >= 0.6 is 0 Å². The molecule has 16 heavy (non-hydrogen) atoms. The van der Waals surface area contributed by atoms with E-state index in [1.54, 1.807) is 0 Å². The number of carbonyl (C=O) groups is 1. The predicted octanol–water partition coefficient (Wildman–Crippen LogP) is 1.00. The second-order valence-electron chi connectivity index (χ2n) is 3.05. The van der Waals surface area contributed by atoms with E-state index >= 15 is 0 Å². The van der Waals surface area contributed by atoms with Gasteiger partial charge in [0, 0.05) is 6.04 Å². The van der Waals surface area contributed by atoms with Crippen LogP contribution in [0.2, 0.25) is 0 Å². The van der Waals surface area contributed by atoms with Crippen LogP contribution in [0.4, 0.5) is 5.88 Å². The standard InChI is InChI=1S/C9H10N2O5/c10-6(5-9(12)13)1-2-7-3-4-8(16-7)11(14)15/h1-4,6H,5,10H2,(H,12,13). The molecule has 0 bridgehead atoms. The van der Waals surface area contributed by atoms with Crippen LogP contribution in [0.1, 0.15) is 12.2 Å². The number of nitrogens with zero attached hydrogens (tertiary/aromatic N) is 1. The minimum Gasteiger partial charge on any atom is -0.481 e. The summed E-state index contributed by atoms with van der Waals surface area (Å²) in [6.07, 6.45) is 2.61. The SMILES string of the molecule is NC(C=Cc1ccc([N+](=O)[O-])o1)CC(=O)O. The second-order valence-corrected chi connectivity index (χ2v) is 3.05. The van der Waals surface area contributed by atoms with E-state index in [2.05, 4.69) is 0 Å². The number of rotatable bonds is 5. The number of aliphatic carboxylic acids is 1. The van der Waals surface area contributed by atoms with Gasteiger partial charge in [-0.1, -0.05) is 6.08 Å². The maximum absolute atomic E-state index is 10.3. The van der Waals surface area contributed by atoms with Crippen LogP contribution in [0, 0.1) is 10.1 Å². The number of hydrogen-bond donors (Lipinski definition) is 2. The van der Waals surface area contributed by atoms with Crippen molar-refractivity contribution in [3.05, 3.63) is 34.1 Å². The Morgan fingerprint density at radius 3 is 2.88 bits per heavy atom. The first-order valence-corrected chi connectivity index (χ1v) is 4.39. The van der Waals surface area contributed by atoms with Crippen molar-refractivity contribution in [3.63, 3.8) is 0 Å². The van der Waals surface area contributed by atoms with Crippen LogP contribution in [-0.2, 0) is 4.79 Å². The van der Waals surface area contributed by atoms with Crippen molar-refractivity contribution in [3.8, 4) is 0 Å². The van der Waals surface area contributed by atoms with Crippen molar-refractivity contribution in [1.29, 1.82) is 0 Å². The topological polar surface area (TPSA) is 120 Å². The van der Waals surface area contributed by atoms with Crippen LogP contribution in [0.15, 0.2) is 22.6 Å². The molecule has 0 saturated carbocycles. The van der Waals surface area contributed by atoms with Gasteiger partial charge in [0.05, 0.1) is 12.5 Å². The summed E-state index contributed by atoms with van der Waals surface area (Å²) in [5.41, 5.74) is 5.45. The Bertz CT molecular complexity index is 423. The number of carboxylic acid groups (broad SMARTS) is 1. The van der Waals surface area contributed by atoms with E-state index in [0.717, 1.165) is 0 Å². The lowest BCUT2D eigenvalue weighted by Crippen LogP contribution is -2.20. The lowest BCUT2D eigenvalue weighted by Gasteiger charge is -1.99. The van der Waals surface area contributed by atoms with Gasteiger partial charge in [0.15, 0.2) is 0 Å². The minimum absolute atomic E-state index is 0.209. The molecule has 1 rings (SSSR count). The third-order valence-corrected chi connectivity index (χ3v) is 1.71. The van der Waals surface area contributed by atoms with Gasteiger partial charge in [-0.3, -0.25) is 14.9 Å². The summed E-state index contributed by atoms with van der Waals surface area (Å²) >= 11 is 0. The van der Waals surface area contributed by atoms with Crippen molar-refractivity contribution in [2.75, 3.05) is 0 Å². The molecule has 1 aromatic rings. The van der Waals surface area contributed by atoms with E-state index in [9.17, 15) is 14.9 Å². The lowest BCUT2D eigenvalue weighted by atomic mass is 10.2. The first kappa shape index (κ1) is 11.9. The Balaban J connectivity index is 2.62. The molecule has 1 atom stereocenters. The highest BCUT2D eigenvalue weighted by molar-refractivity contribution is 5.68. The lowest BCUT2D eigenvalue weighted by molar-refractivity contribution is -0.402. The number of carboxylic acids is 1. The van der Waals surface area contributed by atoms with E-state index in [1.807, 2.05) is 0 Å². The quantitative estimate of drug-likeness (QED) is 0.570. The molecule has 7 nitrogen and oxygen atoms in total. The molecule has 86 valence electrons. The second kappa shape index (κ2) is 5.08. The van der Waals surface area contributed by atoms with Crippen molar-refractivity contribution in [2.24, 2.45) is 5.73 Å². The molecular weight excluding hydrogens is 216 g/mol. The first-order chi connectivity index (χ1) is 7.49. The maximum Gasteiger partial charge on any atom is 0.433 e. The highest BCUT2D eigenvalue weighted by Gasteiger charge is 2.10. The number of nitrogens with two attached hydrogens (primary N) is 1. The van der Waals surface area contributed by atoms with Crippen LogP contribution in [0.3, 0.4) is 0 Å². The number of nitro groups is 1. The van der Waals surface area contributed by atoms with Crippen LogP contribution in [0.5, 0.6) is 0 Å². The highest BCUT2D eigenvalue weighted by atomic mass is 16.6. The average molecular weight is 226 g/mol. The average Bonchev–Trinajstić information content (AvgIpc) is 2.61. The maximum atomic E-state index is 10.3. The van der Waals surface area contributed by atoms with Gasteiger partial charge >= 0.3 is 11.9 Å². The van der Waals surface area contributed by atoms with Gasteiger partial charge in [-0.25, -0.2) is 0 Å². The largest absolute Gasteiger partial charge is 0.481 e. The van der Waals surface area contributed by atoms with E-state index in [-0.39, 0.29) is 18.1 Å². The molecule has 0 spiro atoms. The normalized spacial score (nSPS) is 12.8. The van der Waals surface area contributed by atoms with Crippen molar-refractivity contribution in [1.82, 2.24) is 0 Å². The van der Waals surface area contributed by atoms with Gasteiger partial charge in [0.2, 0.25) is 0 Å². The Morgan fingerprint density at radius 2 is 2.38 bits per heavy atom. The first-order valence-electron chi connectivity index (χ1n) is 4.39. The van der Waals surface area contributed by atoms with Crippen LogP contribution < -0.4 is 5.73 Å². The van der Waals surface area contributed by atoms with Crippen LogP contribution in [-0.4, -0.2) is 22.0 Å². The molecule has 0 aliphatic carbocycles. The Hall–Kier alpha value is -2.15. The Kier molecular flexibility index (Phi) is 3.78. The van der Waals surface area contributed by atoms with Gasteiger partial charge in [0.1, 0.15) is 10.7 Å². The van der Waals surface area contributed by atoms with Gasteiger partial charge in [-0.15, -0.1) is 0 Å². The zero-order valence-electron chi connectivity index (χ0n) is 8.20. The summed E-state index contributed by atoms with van der Waals surface area (Å²) in [6.45, 7) is 0. The van der Waals surface area contributed by atoms with Gasteiger partial charge in [0.25, 0.3) is 0 Å². The van der Waals surface area contributed by atoms with Crippen molar-refractivity contribution in [2.45, 2.75) is 12.5 Å². The molecule has 1 heterocycles. The van der Waals surface area contributed by atoms with E-state index in [0.29, 0.717) is 0 Å².